The first-order valence-electron chi connectivity index (χ1n) is 10.2. The van der Waals surface area contributed by atoms with Crippen molar-refractivity contribution in [3.8, 4) is 11.5 Å². The maximum Gasteiger partial charge on any atom is 0.193 e. The van der Waals surface area contributed by atoms with E-state index in [0.29, 0.717) is 11.7 Å². The molecule has 6 nitrogen and oxygen atoms in total. The molecule has 1 atom stereocenters. The average Bonchev–Trinajstić information content (AvgIpc) is 2.77. The summed E-state index contributed by atoms with van der Waals surface area (Å²) in [4.78, 5) is 8.98. The predicted octanol–water partition coefficient (Wildman–Crippen LogP) is 3.91. The van der Waals surface area contributed by atoms with Gasteiger partial charge in [0.05, 0.1) is 12.8 Å². The quantitative estimate of drug-likeness (QED) is 0.341. The van der Waals surface area contributed by atoms with Gasteiger partial charge in [-0.3, -0.25) is 4.99 Å². The van der Waals surface area contributed by atoms with Crippen LogP contribution in [0.1, 0.15) is 24.8 Å². The Morgan fingerprint density at radius 3 is 2.37 bits per heavy atom. The number of ether oxygens (including phenoxy) is 1. The summed E-state index contributed by atoms with van der Waals surface area (Å²) in [6.07, 6.45) is 1.03. The maximum absolute atomic E-state index is 10.1. The smallest absolute Gasteiger partial charge is 0.193 e. The second-order valence-electron chi connectivity index (χ2n) is 7.40. The Morgan fingerprint density at radius 2 is 1.77 bits per heavy atom. The van der Waals surface area contributed by atoms with E-state index in [1.54, 1.807) is 13.2 Å². The van der Waals surface area contributed by atoms with Crippen LogP contribution >= 0.6 is 24.0 Å². The van der Waals surface area contributed by atoms with Crippen LogP contribution in [-0.4, -0.2) is 62.8 Å². The lowest BCUT2D eigenvalue weighted by Crippen LogP contribution is -2.52. The lowest BCUT2D eigenvalue weighted by molar-refractivity contribution is 0.369. The number of para-hydroxylation sites is 2. The number of nitrogens with zero attached hydrogens (tertiary/aromatic N) is 3. The molecule has 3 rings (SSSR count). The first-order chi connectivity index (χ1) is 14.1. The van der Waals surface area contributed by atoms with Crippen LogP contribution in [-0.2, 0) is 0 Å². The van der Waals surface area contributed by atoms with Crippen molar-refractivity contribution in [1.29, 1.82) is 0 Å². The minimum Gasteiger partial charge on any atom is -0.506 e. The van der Waals surface area contributed by atoms with E-state index in [0.717, 1.165) is 56.5 Å². The van der Waals surface area contributed by atoms with Gasteiger partial charge in [-0.25, -0.2) is 0 Å². The van der Waals surface area contributed by atoms with Crippen LogP contribution in [0.4, 0.5) is 5.69 Å². The second-order valence-corrected chi connectivity index (χ2v) is 7.40. The molecule has 0 aromatic heterocycles. The second kappa shape index (κ2) is 11.9. The zero-order chi connectivity index (χ0) is 20.6. The summed E-state index contributed by atoms with van der Waals surface area (Å²) in [6.45, 7) is 6.60. The van der Waals surface area contributed by atoms with Gasteiger partial charge in [0.25, 0.3) is 0 Å². The minimum absolute atomic E-state index is 0. The van der Waals surface area contributed by atoms with Crippen molar-refractivity contribution in [2.24, 2.45) is 4.99 Å². The molecule has 0 spiro atoms. The summed E-state index contributed by atoms with van der Waals surface area (Å²) in [5.74, 6) is 2.65. The normalized spacial score (nSPS) is 15.4. The molecular formula is C23H33IN4O2. The van der Waals surface area contributed by atoms with E-state index in [4.69, 9.17) is 4.74 Å². The third-order valence-electron chi connectivity index (χ3n) is 5.56. The van der Waals surface area contributed by atoms with Gasteiger partial charge in [-0.15, -0.1) is 24.0 Å². The number of phenols is 1. The third kappa shape index (κ3) is 6.17. The van der Waals surface area contributed by atoms with Crippen molar-refractivity contribution < 1.29 is 9.84 Å². The summed E-state index contributed by atoms with van der Waals surface area (Å²) in [5, 5.41) is 13.6. The number of guanidine groups is 1. The molecule has 7 heteroatoms. The summed E-state index contributed by atoms with van der Waals surface area (Å²) in [7, 11) is 3.53. The van der Waals surface area contributed by atoms with Gasteiger partial charge in [-0.05, 0) is 42.2 Å². The van der Waals surface area contributed by atoms with E-state index in [9.17, 15) is 5.11 Å². The van der Waals surface area contributed by atoms with Gasteiger partial charge in [-0.1, -0.05) is 31.2 Å². The van der Waals surface area contributed by atoms with E-state index in [2.05, 4.69) is 39.2 Å². The predicted molar refractivity (Wildman–Crippen MR) is 135 cm³/mol. The summed E-state index contributed by atoms with van der Waals surface area (Å²) < 4.78 is 5.23. The van der Waals surface area contributed by atoms with Crippen LogP contribution in [0.5, 0.6) is 11.5 Å². The number of rotatable bonds is 6. The van der Waals surface area contributed by atoms with Crippen molar-refractivity contribution >= 4 is 35.6 Å². The molecule has 0 aliphatic carbocycles. The first kappa shape index (κ1) is 24.1. The molecule has 2 N–H and O–H groups in total. The number of phenolic OH excluding ortho intramolecular Hbond substituents is 1. The maximum atomic E-state index is 10.1. The molecule has 0 bridgehead atoms. The number of benzene rings is 2. The molecule has 0 saturated carbocycles. The molecule has 1 aliphatic rings. The van der Waals surface area contributed by atoms with Crippen molar-refractivity contribution in [3.05, 3.63) is 54.1 Å². The number of aliphatic imine (C=N–C) groups is 1. The molecular weight excluding hydrogens is 491 g/mol. The number of aromatic hydroxyl groups is 1. The average molecular weight is 524 g/mol. The van der Waals surface area contributed by atoms with E-state index in [-0.39, 0.29) is 24.0 Å². The highest BCUT2D eigenvalue weighted by Crippen LogP contribution is 2.27. The molecule has 164 valence electrons. The highest BCUT2D eigenvalue weighted by molar-refractivity contribution is 14.0. The van der Waals surface area contributed by atoms with Gasteiger partial charge < -0.3 is 25.0 Å². The van der Waals surface area contributed by atoms with Crippen LogP contribution in [0, 0.1) is 0 Å². The molecule has 0 radical (unpaired) electrons. The highest BCUT2D eigenvalue weighted by atomic mass is 127. The SMILES string of the molecule is CN=C(NCCC(C)c1ccc(OC)cc1)N1CCN(c2ccccc2O)CC1.I. The van der Waals surface area contributed by atoms with Crippen LogP contribution in [0.3, 0.4) is 0 Å². The summed E-state index contributed by atoms with van der Waals surface area (Å²) in [5.41, 5.74) is 2.22. The minimum atomic E-state index is 0. The lowest BCUT2D eigenvalue weighted by Gasteiger charge is -2.38. The van der Waals surface area contributed by atoms with Gasteiger partial charge in [0.1, 0.15) is 11.5 Å². The first-order valence-corrected chi connectivity index (χ1v) is 10.2. The Labute approximate surface area is 197 Å². The number of anilines is 1. The molecule has 2 aromatic carbocycles. The summed E-state index contributed by atoms with van der Waals surface area (Å²) in [6, 6.07) is 15.8. The summed E-state index contributed by atoms with van der Waals surface area (Å²) >= 11 is 0. The van der Waals surface area contributed by atoms with Gasteiger partial charge in [-0.2, -0.15) is 0 Å². The fraction of sp³-hybridized carbons (Fsp3) is 0.435. The number of hydrogen-bond acceptors (Lipinski definition) is 4. The van der Waals surface area contributed by atoms with Crippen LogP contribution < -0.4 is 15.0 Å². The van der Waals surface area contributed by atoms with Crippen LogP contribution in [0.2, 0.25) is 0 Å². The number of methoxy groups -OCH3 is 1. The fourth-order valence-electron chi connectivity index (χ4n) is 3.72. The Bertz CT molecular complexity index is 805. The molecule has 0 amide bonds. The number of nitrogens with one attached hydrogen (secondary N) is 1. The standard InChI is InChI=1S/C23H32N4O2.HI/c1-18(19-8-10-20(29-3)11-9-19)12-13-25-23(24-2)27-16-14-26(15-17-27)21-6-4-5-7-22(21)28;/h4-11,18,28H,12-17H2,1-3H3,(H,24,25);1H. The Kier molecular flexibility index (Phi) is 9.55. The number of hydrogen-bond donors (Lipinski definition) is 2. The van der Waals surface area contributed by atoms with Gasteiger partial charge >= 0.3 is 0 Å². The zero-order valence-corrected chi connectivity index (χ0v) is 20.4. The molecule has 2 aromatic rings. The molecule has 1 fully saturated rings. The van der Waals surface area contributed by atoms with E-state index < -0.39 is 0 Å². The van der Waals surface area contributed by atoms with Gasteiger partial charge in [0.15, 0.2) is 5.96 Å². The highest BCUT2D eigenvalue weighted by Gasteiger charge is 2.21. The van der Waals surface area contributed by atoms with Gasteiger partial charge in [0.2, 0.25) is 0 Å². The van der Waals surface area contributed by atoms with E-state index in [1.165, 1.54) is 5.56 Å². The Morgan fingerprint density at radius 1 is 1.10 bits per heavy atom. The van der Waals surface area contributed by atoms with Crippen molar-refractivity contribution in [1.82, 2.24) is 10.2 Å². The topological polar surface area (TPSA) is 60.3 Å². The Hall–Kier alpha value is -2.16. The molecule has 1 unspecified atom stereocenters. The molecule has 1 saturated heterocycles. The molecule has 30 heavy (non-hydrogen) atoms. The zero-order valence-electron chi connectivity index (χ0n) is 18.0. The molecule has 1 heterocycles. The van der Waals surface area contributed by atoms with E-state index in [1.807, 2.05) is 37.4 Å². The Balaban J connectivity index is 0.00000320. The largest absolute Gasteiger partial charge is 0.506 e. The van der Waals surface area contributed by atoms with Crippen molar-refractivity contribution in [3.63, 3.8) is 0 Å². The van der Waals surface area contributed by atoms with E-state index >= 15 is 0 Å². The van der Waals surface area contributed by atoms with Gasteiger partial charge in [0, 0.05) is 39.8 Å². The van der Waals surface area contributed by atoms with Crippen molar-refractivity contribution in [2.75, 3.05) is 51.8 Å². The third-order valence-corrected chi connectivity index (χ3v) is 5.56. The molecule has 1 aliphatic heterocycles. The van der Waals surface area contributed by atoms with Crippen LogP contribution in [0.15, 0.2) is 53.5 Å². The van der Waals surface area contributed by atoms with Crippen LogP contribution in [0.25, 0.3) is 0 Å². The van der Waals surface area contributed by atoms with Crippen molar-refractivity contribution in [2.45, 2.75) is 19.3 Å². The fourth-order valence-corrected chi connectivity index (χ4v) is 3.72. The number of halogens is 1. The monoisotopic (exact) mass is 524 g/mol. The number of piperazine rings is 1. The lowest BCUT2D eigenvalue weighted by atomic mass is 9.98.